The first-order valence-corrected chi connectivity index (χ1v) is 10.5. The molecule has 0 atom stereocenters. The van der Waals surface area contributed by atoms with Crippen molar-refractivity contribution in [2.45, 2.75) is 13.8 Å². The number of carbonyl (C=O) groups excluding carboxylic acids is 2. The maximum Gasteiger partial charge on any atom is 0.339 e. The molecule has 160 valence electrons. The molecule has 0 aliphatic rings. The molecule has 0 saturated carbocycles. The fraction of sp³-hybridized carbons (Fsp3) is 0.115. The number of fused-ring (bicyclic) bond motifs is 1. The number of benzene rings is 3. The summed E-state index contributed by atoms with van der Waals surface area (Å²) in [6.07, 6.45) is 0. The van der Waals surface area contributed by atoms with Crippen molar-refractivity contribution in [3.05, 3.63) is 94.5 Å². The quantitative estimate of drug-likeness (QED) is 0.385. The zero-order valence-electron chi connectivity index (χ0n) is 17.7. The second-order valence-electron chi connectivity index (χ2n) is 7.45. The van der Waals surface area contributed by atoms with Crippen LogP contribution in [0.4, 0.5) is 5.69 Å². The summed E-state index contributed by atoms with van der Waals surface area (Å²) in [6.45, 7) is 3.43. The lowest BCUT2D eigenvalue weighted by Crippen LogP contribution is -2.21. The first-order valence-electron chi connectivity index (χ1n) is 10.1. The predicted octanol–water partition coefficient (Wildman–Crippen LogP) is 5.97. The summed E-state index contributed by atoms with van der Waals surface area (Å²) in [5.41, 5.74) is 4.99. The number of esters is 1. The summed E-state index contributed by atoms with van der Waals surface area (Å²) in [5.74, 6) is -1.05. The molecule has 0 fully saturated rings. The lowest BCUT2D eigenvalue weighted by Gasteiger charge is -2.14. The third kappa shape index (κ3) is 4.48. The Balaban J connectivity index is 1.63. The van der Waals surface area contributed by atoms with Crippen molar-refractivity contribution < 1.29 is 14.3 Å². The van der Waals surface area contributed by atoms with Gasteiger partial charge in [-0.25, -0.2) is 9.78 Å². The third-order valence-corrected chi connectivity index (χ3v) is 5.48. The Morgan fingerprint density at radius 2 is 1.62 bits per heavy atom. The fourth-order valence-corrected chi connectivity index (χ4v) is 3.70. The molecule has 1 N–H and O–H groups in total. The van der Waals surface area contributed by atoms with Crippen molar-refractivity contribution in [1.82, 2.24) is 4.98 Å². The number of ether oxygens (including phenoxy) is 1. The number of carbonyl (C=O) groups is 2. The average Bonchev–Trinajstić information content (AvgIpc) is 2.79. The van der Waals surface area contributed by atoms with Crippen LogP contribution in [-0.2, 0) is 9.53 Å². The van der Waals surface area contributed by atoms with E-state index in [-0.39, 0.29) is 0 Å². The van der Waals surface area contributed by atoms with Gasteiger partial charge in [-0.05, 0) is 37.6 Å². The molecule has 1 heterocycles. The SMILES string of the molecule is Cc1ccc(-c2nc3ccccc3c(C(=O)OCC(=O)Nc3ccccc3Cl)c2C)cc1. The van der Waals surface area contributed by atoms with Crippen LogP contribution in [0.3, 0.4) is 0 Å². The van der Waals surface area contributed by atoms with Crippen molar-refractivity contribution in [1.29, 1.82) is 0 Å². The number of hydrogen-bond donors (Lipinski definition) is 1. The van der Waals surface area contributed by atoms with Crippen LogP contribution in [0, 0.1) is 13.8 Å². The van der Waals surface area contributed by atoms with E-state index >= 15 is 0 Å². The number of aromatic nitrogens is 1. The van der Waals surface area contributed by atoms with Crippen molar-refractivity contribution >= 4 is 40.1 Å². The van der Waals surface area contributed by atoms with Gasteiger partial charge in [-0.2, -0.15) is 0 Å². The molecule has 0 unspecified atom stereocenters. The van der Waals surface area contributed by atoms with Crippen LogP contribution in [0.1, 0.15) is 21.5 Å². The summed E-state index contributed by atoms with van der Waals surface area (Å²) >= 11 is 6.07. The highest BCUT2D eigenvalue weighted by molar-refractivity contribution is 6.33. The number of rotatable bonds is 5. The van der Waals surface area contributed by atoms with Gasteiger partial charge in [0.05, 0.1) is 27.5 Å². The molecular formula is C26H21ClN2O3. The van der Waals surface area contributed by atoms with Crippen molar-refractivity contribution in [3.63, 3.8) is 0 Å². The molecule has 0 radical (unpaired) electrons. The molecule has 4 aromatic rings. The van der Waals surface area contributed by atoms with Gasteiger partial charge in [-0.15, -0.1) is 0 Å². The van der Waals surface area contributed by atoms with Crippen LogP contribution in [0.15, 0.2) is 72.8 Å². The summed E-state index contributed by atoms with van der Waals surface area (Å²) in [4.78, 5) is 30.2. The van der Waals surface area contributed by atoms with Gasteiger partial charge in [0.2, 0.25) is 0 Å². The number of amides is 1. The number of nitrogens with zero attached hydrogens (tertiary/aromatic N) is 1. The van der Waals surface area contributed by atoms with Gasteiger partial charge in [0, 0.05) is 10.9 Å². The second kappa shape index (κ2) is 9.20. The first-order chi connectivity index (χ1) is 15.4. The lowest BCUT2D eigenvalue weighted by molar-refractivity contribution is -0.119. The fourth-order valence-electron chi connectivity index (χ4n) is 3.51. The van der Waals surface area contributed by atoms with Crippen LogP contribution >= 0.6 is 11.6 Å². The van der Waals surface area contributed by atoms with Gasteiger partial charge in [0.1, 0.15) is 0 Å². The van der Waals surface area contributed by atoms with Gasteiger partial charge in [0.15, 0.2) is 6.61 Å². The largest absolute Gasteiger partial charge is 0.452 e. The topological polar surface area (TPSA) is 68.3 Å². The molecule has 0 aliphatic carbocycles. The first kappa shape index (κ1) is 21.5. The van der Waals surface area contributed by atoms with Gasteiger partial charge >= 0.3 is 5.97 Å². The molecule has 1 amide bonds. The van der Waals surface area contributed by atoms with Crippen molar-refractivity contribution in [3.8, 4) is 11.3 Å². The Kier molecular flexibility index (Phi) is 6.19. The molecule has 0 bridgehead atoms. The van der Waals surface area contributed by atoms with E-state index in [1.807, 2.05) is 62.4 Å². The lowest BCUT2D eigenvalue weighted by atomic mass is 9.97. The molecule has 32 heavy (non-hydrogen) atoms. The van der Waals surface area contributed by atoms with Gasteiger partial charge in [-0.3, -0.25) is 4.79 Å². The van der Waals surface area contributed by atoms with E-state index < -0.39 is 18.5 Å². The molecule has 0 spiro atoms. The molecule has 5 nitrogen and oxygen atoms in total. The van der Waals surface area contributed by atoms with Crippen LogP contribution < -0.4 is 5.32 Å². The van der Waals surface area contributed by atoms with Gasteiger partial charge < -0.3 is 10.1 Å². The molecule has 1 aromatic heterocycles. The Bertz CT molecular complexity index is 1320. The minimum absolute atomic E-state index is 0.400. The standard InChI is InChI=1S/C26H21ClN2O3/c1-16-11-13-18(14-12-16)25-17(2)24(19-7-3-5-9-21(19)29-25)26(31)32-15-23(30)28-22-10-6-4-8-20(22)27/h3-14H,15H2,1-2H3,(H,28,30). The summed E-state index contributed by atoms with van der Waals surface area (Å²) in [5, 5.41) is 3.74. The number of halogens is 1. The van der Waals surface area contributed by atoms with E-state index in [0.717, 1.165) is 11.1 Å². The van der Waals surface area contributed by atoms with Crippen LogP contribution in [-0.4, -0.2) is 23.5 Å². The van der Waals surface area contributed by atoms with E-state index in [4.69, 9.17) is 21.3 Å². The number of pyridine rings is 1. The Labute approximate surface area is 191 Å². The number of para-hydroxylation sites is 2. The number of anilines is 1. The number of hydrogen-bond acceptors (Lipinski definition) is 4. The summed E-state index contributed by atoms with van der Waals surface area (Å²) in [7, 11) is 0. The van der Waals surface area contributed by atoms with Gasteiger partial charge in [0.25, 0.3) is 5.91 Å². The highest BCUT2D eigenvalue weighted by atomic mass is 35.5. The minimum atomic E-state index is -0.580. The van der Waals surface area contributed by atoms with E-state index in [1.54, 1.807) is 24.3 Å². The van der Waals surface area contributed by atoms with Crippen LogP contribution in [0.25, 0.3) is 22.2 Å². The zero-order valence-corrected chi connectivity index (χ0v) is 18.4. The highest BCUT2D eigenvalue weighted by Gasteiger charge is 2.21. The van der Waals surface area contributed by atoms with E-state index in [1.165, 1.54) is 0 Å². The molecule has 0 saturated heterocycles. The van der Waals surface area contributed by atoms with E-state index in [9.17, 15) is 9.59 Å². The maximum absolute atomic E-state index is 13.1. The molecule has 0 aliphatic heterocycles. The van der Waals surface area contributed by atoms with Crippen molar-refractivity contribution in [2.24, 2.45) is 0 Å². The van der Waals surface area contributed by atoms with Crippen LogP contribution in [0.2, 0.25) is 5.02 Å². The molecular weight excluding hydrogens is 424 g/mol. The molecule has 3 aromatic carbocycles. The molecule has 4 rings (SSSR count). The Hall–Kier alpha value is -3.70. The van der Waals surface area contributed by atoms with E-state index in [2.05, 4.69) is 5.32 Å². The zero-order chi connectivity index (χ0) is 22.7. The average molecular weight is 445 g/mol. The molecule has 6 heteroatoms. The number of aryl methyl sites for hydroxylation is 1. The highest BCUT2D eigenvalue weighted by Crippen LogP contribution is 2.30. The number of nitrogens with one attached hydrogen (secondary N) is 1. The Morgan fingerprint density at radius 3 is 2.38 bits per heavy atom. The summed E-state index contributed by atoms with van der Waals surface area (Å²) < 4.78 is 5.38. The van der Waals surface area contributed by atoms with Crippen molar-refractivity contribution in [2.75, 3.05) is 11.9 Å². The smallest absolute Gasteiger partial charge is 0.339 e. The monoisotopic (exact) mass is 444 g/mol. The minimum Gasteiger partial charge on any atom is -0.452 e. The summed E-state index contributed by atoms with van der Waals surface area (Å²) in [6, 6.07) is 22.2. The predicted molar refractivity (Wildman–Crippen MR) is 127 cm³/mol. The maximum atomic E-state index is 13.1. The van der Waals surface area contributed by atoms with Crippen LogP contribution in [0.5, 0.6) is 0 Å². The third-order valence-electron chi connectivity index (χ3n) is 5.15. The normalized spacial score (nSPS) is 10.7. The Morgan fingerprint density at radius 1 is 0.938 bits per heavy atom. The van der Waals surface area contributed by atoms with E-state index in [0.29, 0.717) is 38.4 Å². The second-order valence-corrected chi connectivity index (χ2v) is 7.85. The van der Waals surface area contributed by atoms with Gasteiger partial charge in [-0.1, -0.05) is 71.8 Å².